The maximum Gasteiger partial charge on any atom is 2.00 e. The molecule has 0 amide bonds. The van der Waals surface area contributed by atoms with Crippen molar-refractivity contribution < 1.29 is 26.8 Å². The minimum absolute atomic E-state index is 0. The number of aliphatic hydroxyl groups excluding tert-OH is 1. The molecule has 1 nitrogen and oxygen atoms in total. The van der Waals surface area contributed by atoms with Crippen molar-refractivity contribution in [3.63, 3.8) is 0 Å². The van der Waals surface area contributed by atoms with Crippen molar-refractivity contribution in [3.05, 3.63) is 70.7 Å². The van der Waals surface area contributed by atoms with Crippen LogP contribution in [-0.4, -0.2) is 12.2 Å². The Balaban J connectivity index is -0.000000574. The Labute approximate surface area is 193 Å². The van der Waals surface area contributed by atoms with Crippen molar-refractivity contribution in [1.29, 1.82) is 0 Å². The summed E-state index contributed by atoms with van der Waals surface area (Å²) in [5.41, 5.74) is 7.06. The number of aliphatic hydroxyl groups is 1. The van der Waals surface area contributed by atoms with E-state index in [1.54, 1.807) is 0 Å². The van der Waals surface area contributed by atoms with E-state index in [0.29, 0.717) is 0 Å². The maximum absolute atomic E-state index is 7.00. The van der Waals surface area contributed by atoms with Crippen LogP contribution in [0.5, 0.6) is 0 Å². The van der Waals surface area contributed by atoms with Crippen LogP contribution in [0.4, 0.5) is 0 Å². The Morgan fingerprint density at radius 2 is 1.37 bits per heavy atom. The fourth-order valence-corrected chi connectivity index (χ4v) is 2.67. The monoisotopic (exact) mass is 442 g/mol. The largest absolute Gasteiger partial charge is 2.00 e. The van der Waals surface area contributed by atoms with Crippen LogP contribution in [0.3, 0.4) is 0 Å². The second-order valence-corrected chi connectivity index (χ2v) is 6.64. The number of benzene rings is 2. The van der Waals surface area contributed by atoms with Crippen molar-refractivity contribution in [2.75, 3.05) is 7.11 Å². The number of hydrogen-bond acceptors (Lipinski definition) is 1. The third-order valence-corrected chi connectivity index (χ3v) is 4.08. The minimum atomic E-state index is 0. The molecule has 0 heterocycles. The van der Waals surface area contributed by atoms with Gasteiger partial charge in [-0.2, -0.15) is 20.8 Å². The third-order valence-electron chi connectivity index (χ3n) is 4.08. The summed E-state index contributed by atoms with van der Waals surface area (Å²) in [6.45, 7) is 12.9. The predicted octanol–water partition coefficient (Wildman–Crippen LogP) is 7.22. The molecule has 3 rings (SSSR count). The van der Waals surface area contributed by atoms with E-state index < -0.39 is 0 Å². The number of rotatable bonds is 1. The van der Waals surface area contributed by atoms with Crippen molar-refractivity contribution in [2.24, 2.45) is 0 Å². The Morgan fingerprint density at radius 3 is 1.85 bits per heavy atom. The van der Waals surface area contributed by atoms with E-state index in [0.717, 1.165) is 13.5 Å². The summed E-state index contributed by atoms with van der Waals surface area (Å²) in [7, 11) is 1.00. The molecule has 2 aromatic carbocycles. The Morgan fingerprint density at radius 1 is 0.852 bits per heavy atom. The number of allylic oxidation sites excluding steroid dienone is 4. The van der Waals surface area contributed by atoms with Gasteiger partial charge in [-0.15, -0.1) is 60.0 Å². The Hall–Kier alpha value is -0.566. The molecule has 0 saturated heterocycles. The smallest absolute Gasteiger partial charge is 0.400 e. The third kappa shape index (κ3) is 8.98. The van der Waals surface area contributed by atoms with Gasteiger partial charge in [0.15, 0.2) is 0 Å². The molecule has 0 atom stereocenters. The molecule has 4 heteroatoms. The van der Waals surface area contributed by atoms with Gasteiger partial charge >= 0.3 is 21.7 Å². The van der Waals surface area contributed by atoms with Crippen molar-refractivity contribution in [3.8, 4) is 0 Å². The first-order valence-electron chi connectivity index (χ1n) is 8.39. The van der Waals surface area contributed by atoms with Crippen molar-refractivity contribution in [2.45, 2.75) is 48.0 Å². The van der Waals surface area contributed by atoms with Gasteiger partial charge in [-0.1, -0.05) is 45.9 Å². The van der Waals surface area contributed by atoms with Crippen molar-refractivity contribution in [1.82, 2.24) is 0 Å². The molecular formula is C23H32Cl2OTi. The summed E-state index contributed by atoms with van der Waals surface area (Å²) >= 11 is 0. The zero-order chi connectivity index (χ0) is 18.3. The molecule has 1 aliphatic rings. The average Bonchev–Trinajstić information content (AvgIpc) is 2.83. The van der Waals surface area contributed by atoms with Gasteiger partial charge in [-0.05, 0) is 27.2 Å². The van der Waals surface area contributed by atoms with Gasteiger partial charge in [0, 0.05) is 7.11 Å². The summed E-state index contributed by atoms with van der Waals surface area (Å²) < 4.78 is 0. The summed E-state index contributed by atoms with van der Waals surface area (Å²) in [6.07, 6.45) is 1.08. The molecule has 0 fully saturated rings. The summed E-state index contributed by atoms with van der Waals surface area (Å²) in [5, 5.41) is 9.47. The van der Waals surface area contributed by atoms with Gasteiger partial charge in [-0.25, -0.2) is 0 Å². The molecule has 2 aromatic rings. The van der Waals surface area contributed by atoms with E-state index in [1.165, 1.54) is 44.5 Å². The van der Waals surface area contributed by atoms with Gasteiger partial charge in [-0.3, -0.25) is 0 Å². The van der Waals surface area contributed by atoms with E-state index in [9.17, 15) is 0 Å². The van der Waals surface area contributed by atoms with Crippen molar-refractivity contribution >= 4 is 41.2 Å². The molecule has 27 heavy (non-hydrogen) atoms. The number of halogens is 2. The predicted molar refractivity (Wildman–Crippen MR) is 121 cm³/mol. The molecule has 1 aliphatic carbocycles. The van der Waals surface area contributed by atoms with Crippen LogP contribution in [0, 0.1) is 12.0 Å². The summed E-state index contributed by atoms with van der Waals surface area (Å²) in [4.78, 5) is 0. The van der Waals surface area contributed by atoms with Gasteiger partial charge < -0.3 is 11.0 Å². The second-order valence-electron chi connectivity index (χ2n) is 6.64. The first-order chi connectivity index (χ1) is 11.4. The average molecular weight is 443 g/mol. The second kappa shape index (κ2) is 15.4. The molecule has 0 spiro atoms. The van der Waals surface area contributed by atoms with Crippen LogP contribution >= 0.6 is 24.8 Å². The summed E-state index contributed by atoms with van der Waals surface area (Å²) in [5.74, 6) is 1.42. The first-order valence-corrected chi connectivity index (χ1v) is 8.39. The van der Waals surface area contributed by atoms with Crippen LogP contribution in [0.25, 0.3) is 16.3 Å². The van der Waals surface area contributed by atoms with Crippen LogP contribution in [0.15, 0.2) is 53.1 Å². The summed E-state index contributed by atoms with van der Waals surface area (Å²) in [6, 6.07) is 16.4. The first kappa shape index (κ1) is 31.1. The van der Waals surface area contributed by atoms with Gasteiger partial charge in [0.25, 0.3) is 0 Å². The minimum Gasteiger partial charge on any atom is -0.400 e. The fourth-order valence-electron chi connectivity index (χ4n) is 2.67. The normalized spacial score (nSPS) is 12.2. The van der Waals surface area contributed by atoms with Crippen LogP contribution in [0.1, 0.15) is 53.5 Å². The van der Waals surface area contributed by atoms with Gasteiger partial charge in [0.1, 0.15) is 0 Å². The SMILES string of the molecule is CC1=C(C)C(C)=C(c2[c-]c3ccccc3cc2)C1.CO.C[C-](C)C.Cl.Cl.[Ti+2]. The van der Waals surface area contributed by atoms with Crippen LogP contribution in [0.2, 0.25) is 0 Å². The van der Waals surface area contributed by atoms with E-state index in [-0.39, 0.29) is 46.5 Å². The number of hydrogen-bond donors (Lipinski definition) is 1. The maximum atomic E-state index is 7.00. The van der Waals surface area contributed by atoms with E-state index in [4.69, 9.17) is 5.11 Å². The molecule has 0 radical (unpaired) electrons. The van der Waals surface area contributed by atoms with Crippen LogP contribution < -0.4 is 0 Å². The molecular weight excluding hydrogens is 411 g/mol. The topological polar surface area (TPSA) is 20.2 Å². The molecule has 1 N–H and O–H groups in total. The van der Waals surface area contributed by atoms with E-state index >= 15 is 0 Å². The van der Waals surface area contributed by atoms with Crippen LogP contribution in [-0.2, 0) is 21.7 Å². The Bertz CT molecular complexity index is 746. The molecule has 0 unspecified atom stereocenters. The number of fused-ring (bicyclic) bond motifs is 1. The van der Waals surface area contributed by atoms with E-state index in [1.807, 2.05) is 0 Å². The molecule has 0 aliphatic heterocycles. The molecule has 0 saturated carbocycles. The molecule has 0 aromatic heterocycles. The Kier molecular flexibility index (Phi) is 17.7. The standard InChI is InChI=1S/C18H17.C4H9.CH4O.2ClH.Ti/c1-12-10-18(14(3)13(12)2)17-9-8-15-6-4-5-7-16(15)11-17;1-4(2)3;1-2;;;/h4-9H,10H2,1-3H3;1-3H3;2H,1H3;2*1H;/q2*-1;;;;+2. The zero-order valence-corrected chi connectivity index (χ0v) is 20.6. The van der Waals surface area contributed by atoms with Gasteiger partial charge in [0.2, 0.25) is 0 Å². The van der Waals surface area contributed by atoms with Gasteiger partial charge in [0.05, 0.1) is 0 Å². The fraction of sp³-hybridized carbons (Fsp3) is 0.348. The quantitative estimate of drug-likeness (QED) is 0.364. The molecule has 148 valence electrons. The van der Waals surface area contributed by atoms with E-state index in [2.05, 4.69) is 84.0 Å². The molecule has 0 bridgehead atoms. The zero-order valence-electron chi connectivity index (χ0n) is 17.4.